The summed E-state index contributed by atoms with van der Waals surface area (Å²) < 4.78 is 14.0. The zero-order valence-corrected chi connectivity index (χ0v) is 13.6. The van der Waals surface area contributed by atoms with Gasteiger partial charge >= 0.3 is 0 Å². The van der Waals surface area contributed by atoms with E-state index in [0.717, 1.165) is 36.0 Å². The number of hydrogen-bond acceptors (Lipinski definition) is 1. The van der Waals surface area contributed by atoms with Gasteiger partial charge in [-0.1, -0.05) is 41.4 Å². The maximum Gasteiger partial charge on any atom is 0.124 e. The summed E-state index contributed by atoms with van der Waals surface area (Å²) >= 11 is 3.32. The number of benzene rings is 1. The Hall–Kier alpha value is -0.670. The van der Waals surface area contributed by atoms with Gasteiger partial charge in [0.05, 0.1) is 0 Å². The molecule has 0 radical (unpaired) electrons. The standard InChI is InChI=1S/C16H23BrFN/c1-12(2)11-19-6-4-5-13(3)7-14-8-15(17)10-16(18)9-14/h5,8-10,12,19H,4,6-7,11H2,1-3H3. The first kappa shape index (κ1) is 16.4. The average molecular weight is 328 g/mol. The highest BCUT2D eigenvalue weighted by atomic mass is 79.9. The van der Waals surface area contributed by atoms with Crippen molar-refractivity contribution in [2.24, 2.45) is 5.92 Å². The van der Waals surface area contributed by atoms with Gasteiger partial charge in [0.2, 0.25) is 0 Å². The van der Waals surface area contributed by atoms with Crippen molar-refractivity contribution < 1.29 is 4.39 Å². The maximum absolute atomic E-state index is 13.2. The van der Waals surface area contributed by atoms with Crippen LogP contribution < -0.4 is 5.32 Å². The SMILES string of the molecule is CC(=CCCNCC(C)C)Cc1cc(F)cc(Br)c1. The highest BCUT2D eigenvalue weighted by Gasteiger charge is 2.00. The molecule has 106 valence electrons. The van der Waals surface area contributed by atoms with E-state index in [1.807, 2.05) is 6.07 Å². The lowest BCUT2D eigenvalue weighted by Gasteiger charge is -2.06. The van der Waals surface area contributed by atoms with E-state index in [9.17, 15) is 4.39 Å². The highest BCUT2D eigenvalue weighted by Crippen LogP contribution is 2.17. The minimum atomic E-state index is -0.184. The molecule has 0 bridgehead atoms. The number of hydrogen-bond donors (Lipinski definition) is 1. The largest absolute Gasteiger partial charge is 0.316 e. The lowest BCUT2D eigenvalue weighted by molar-refractivity contribution is 0.556. The lowest BCUT2D eigenvalue weighted by Crippen LogP contribution is -2.20. The third-order valence-electron chi connectivity index (χ3n) is 2.77. The Morgan fingerprint density at radius 2 is 2.11 bits per heavy atom. The zero-order chi connectivity index (χ0) is 14.3. The van der Waals surface area contributed by atoms with Gasteiger partial charge in [0.15, 0.2) is 0 Å². The molecule has 0 aromatic heterocycles. The van der Waals surface area contributed by atoms with E-state index in [-0.39, 0.29) is 5.82 Å². The molecule has 1 nitrogen and oxygen atoms in total. The topological polar surface area (TPSA) is 12.0 Å². The van der Waals surface area contributed by atoms with Crippen LogP contribution in [0.15, 0.2) is 34.3 Å². The predicted octanol–water partition coefficient (Wildman–Crippen LogP) is 4.71. The molecule has 1 rings (SSSR count). The molecule has 0 amide bonds. The summed E-state index contributed by atoms with van der Waals surface area (Å²) in [5.74, 6) is 0.505. The molecule has 0 atom stereocenters. The summed E-state index contributed by atoms with van der Waals surface area (Å²) in [5.41, 5.74) is 2.29. The normalized spacial score (nSPS) is 12.2. The van der Waals surface area contributed by atoms with Gasteiger partial charge in [-0.2, -0.15) is 0 Å². The van der Waals surface area contributed by atoms with Crippen LogP contribution in [0.1, 0.15) is 32.8 Å². The monoisotopic (exact) mass is 327 g/mol. The lowest BCUT2D eigenvalue weighted by atomic mass is 10.1. The molecular formula is C16H23BrFN. The fraction of sp³-hybridized carbons (Fsp3) is 0.500. The van der Waals surface area contributed by atoms with Crippen LogP contribution in [0.3, 0.4) is 0 Å². The second-order valence-electron chi connectivity index (χ2n) is 5.39. The van der Waals surface area contributed by atoms with E-state index in [0.29, 0.717) is 5.92 Å². The van der Waals surface area contributed by atoms with Crippen LogP contribution in [0.4, 0.5) is 4.39 Å². The van der Waals surface area contributed by atoms with Gasteiger partial charge in [-0.15, -0.1) is 0 Å². The van der Waals surface area contributed by atoms with Crippen molar-refractivity contribution in [2.45, 2.75) is 33.6 Å². The molecule has 1 N–H and O–H groups in total. The number of allylic oxidation sites excluding steroid dienone is 1. The summed E-state index contributed by atoms with van der Waals surface area (Å²) in [4.78, 5) is 0. The van der Waals surface area contributed by atoms with Gasteiger partial charge in [0.25, 0.3) is 0 Å². The molecule has 0 aliphatic carbocycles. The van der Waals surface area contributed by atoms with E-state index in [4.69, 9.17) is 0 Å². The summed E-state index contributed by atoms with van der Waals surface area (Å²) in [6.45, 7) is 8.57. The van der Waals surface area contributed by atoms with Gasteiger partial charge in [-0.3, -0.25) is 0 Å². The first-order valence-electron chi connectivity index (χ1n) is 6.78. The molecule has 0 aliphatic rings. The second-order valence-corrected chi connectivity index (χ2v) is 6.31. The fourth-order valence-corrected chi connectivity index (χ4v) is 2.43. The Kier molecular flexibility index (Phi) is 7.32. The Bertz CT molecular complexity index is 407. The van der Waals surface area contributed by atoms with Crippen LogP contribution in [-0.2, 0) is 6.42 Å². The summed E-state index contributed by atoms with van der Waals surface area (Å²) in [6, 6.07) is 5.05. The maximum atomic E-state index is 13.2. The molecular weight excluding hydrogens is 305 g/mol. The third-order valence-corrected chi connectivity index (χ3v) is 3.23. The molecule has 0 fully saturated rings. The highest BCUT2D eigenvalue weighted by molar-refractivity contribution is 9.10. The molecule has 0 aliphatic heterocycles. The van der Waals surface area contributed by atoms with Crippen LogP contribution in [0.25, 0.3) is 0 Å². The van der Waals surface area contributed by atoms with Gasteiger partial charge in [-0.25, -0.2) is 4.39 Å². The fourth-order valence-electron chi connectivity index (χ4n) is 1.92. The molecule has 0 spiro atoms. The molecule has 3 heteroatoms. The van der Waals surface area contributed by atoms with Crippen molar-refractivity contribution >= 4 is 15.9 Å². The third kappa shape index (κ3) is 7.48. The van der Waals surface area contributed by atoms with E-state index in [1.54, 1.807) is 6.07 Å². The van der Waals surface area contributed by atoms with Gasteiger partial charge in [0, 0.05) is 4.47 Å². The Morgan fingerprint density at radius 1 is 1.37 bits per heavy atom. The summed E-state index contributed by atoms with van der Waals surface area (Å²) in [6.07, 6.45) is 4.06. The number of halogens is 2. The van der Waals surface area contributed by atoms with Gasteiger partial charge < -0.3 is 5.32 Å². The van der Waals surface area contributed by atoms with Crippen LogP contribution >= 0.6 is 15.9 Å². The molecule has 1 aromatic rings. The molecule has 1 aromatic carbocycles. The van der Waals surface area contributed by atoms with Crippen molar-refractivity contribution in [3.05, 3.63) is 45.7 Å². The van der Waals surface area contributed by atoms with Gasteiger partial charge in [0.1, 0.15) is 5.82 Å². The quantitative estimate of drug-likeness (QED) is 0.564. The minimum Gasteiger partial charge on any atom is -0.316 e. The average Bonchev–Trinajstić information content (AvgIpc) is 2.26. The van der Waals surface area contributed by atoms with Crippen LogP contribution in [0.2, 0.25) is 0 Å². The minimum absolute atomic E-state index is 0.184. The van der Waals surface area contributed by atoms with E-state index >= 15 is 0 Å². The van der Waals surface area contributed by atoms with Crippen molar-refractivity contribution in [3.8, 4) is 0 Å². The molecule has 0 heterocycles. The van der Waals surface area contributed by atoms with E-state index in [1.165, 1.54) is 11.6 Å². The number of rotatable bonds is 7. The molecule has 0 saturated heterocycles. The second kappa shape index (κ2) is 8.49. The molecule has 19 heavy (non-hydrogen) atoms. The predicted molar refractivity (Wildman–Crippen MR) is 83.9 cm³/mol. The van der Waals surface area contributed by atoms with Crippen LogP contribution in [0.5, 0.6) is 0 Å². The smallest absolute Gasteiger partial charge is 0.124 e. The van der Waals surface area contributed by atoms with Crippen LogP contribution in [0, 0.1) is 11.7 Å². The first-order chi connectivity index (χ1) is 8.97. The Balaban J connectivity index is 2.39. The van der Waals surface area contributed by atoms with E-state index < -0.39 is 0 Å². The molecule has 0 saturated carbocycles. The van der Waals surface area contributed by atoms with E-state index in [2.05, 4.69) is 48.1 Å². The van der Waals surface area contributed by atoms with Crippen molar-refractivity contribution in [1.29, 1.82) is 0 Å². The zero-order valence-electron chi connectivity index (χ0n) is 12.0. The summed E-state index contributed by atoms with van der Waals surface area (Å²) in [7, 11) is 0. The Morgan fingerprint density at radius 3 is 2.74 bits per heavy atom. The first-order valence-corrected chi connectivity index (χ1v) is 7.58. The van der Waals surface area contributed by atoms with Crippen molar-refractivity contribution in [2.75, 3.05) is 13.1 Å². The molecule has 0 unspecified atom stereocenters. The Labute approximate surface area is 124 Å². The van der Waals surface area contributed by atoms with Crippen molar-refractivity contribution in [3.63, 3.8) is 0 Å². The summed E-state index contributed by atoms with van der Waals surface area (Å²) in [5, 5.41) is 3.41. The van der Waals surface area contributed by atoms with Crippen molar-refractivity contribution in [1.82, 2.24) is 5.32 Å². The van der Waals surface area contributed by atoms with Gasteiger partial charge in [-0.05, 0) is 62.5 Å². The van der Waals surface area contributed by atoms with Crippen LogP contribution in [-0.4, -0.2) is 13.1 Å². The number of nitrogens with one attached hydrogen (secondary N) is 1.